The molecule has 6 heteroatoms. The van der Waals surface area contributed by atoms with Crippen molar-refractivity contribution >= 4 is 34.0 Å². The molecule has 3 rings (SSSR count). The number of thioether (sulfide) groups is 1. The van der Waals surface area contributed by atoms with Gasteiger partial charge in [-0.2, -0.15) is 0 Å². The minimum atomic E-state index is -0.0176. The van der Waals surface area contributed by atoms with E-state index in [4.69, 9.17) is 0 Å². The molecular formula is C19H23N3OS2. The van der Waals surface area contributed by atoms with Crippen molar-refractivity contribution in [2.45, 2.75) is 38.3 Å². The quantitative estimate of drug-likeness (QED) is 0.668. The molecule has 0 saturated heterocycles. The van der Waals surface area contributed by atoms with Crippen molar-refractivity contribution in [1.29, 1.82) is 0 Å². The lowest BCUT2D eigenvalue weighted by atomic mass is 10.1. The molecule has 4 nitrogen and oxygen atoms in total. The Morgan fingerprint density at radius 1 is 1.32 bits per heavy atom. The molecule has 0 saturated carbocycles. The van der Waals surface area contributed by atoms with Crippen LogP contribution in [-0.4, -0.2) is 28.2 Å². The molecule has 0 radical (unpaired) electrons. The molecule has 25 heavy (non-hydrogen) atoms. The van der Waals surface area contributed by atoms with Crippen LogP contribution in [0.5, 0.6) is 0 Å². The van der Waals surface area contributed by atoms with Gasteiger partial charge in [-0.15, -0.1) is 23.1 Å². The molecule has 1 N–H and O–H groups in total. The average Bonchev–Trinajstić information content (AvgIpc) is 2.92. The fourth-order valence-electron chi connectivity index (χ4n) is 3.02. The van der Waals surface area contributed by atoms with Crippen molar-refractivity contribution < 1.29 is 0 Å². The Labute approximate surface area is 156 Å². The topological polar surface area (TPSA) is 49.0 Å². The fourth-order valence-corrected chi connectivity index (χ4v) is 4.36. The molecule has 0 aliphatic rings. The van der Waals surface area contributed by atoms with Crippen molar-refractivity contribution in [3.8, 4) is 0 Å². The first-order valence-electron chi connectivity index (χ1n) is 8.23. The minimum Gasteiger partial charge on any atom is -0.322 e. The van der Waals surface area contributed by atoms with Crippen LogP contribution in [0.25, 0.3) is 10.9 Å². The number of hydrogen-bond donors (Lipinski definition) is 1. The lowest BCUT2D eigenvalue weighted by molar-refractivity contribution is 0.247. The van der Waals surface area contributed by atoms with Gasteiger partial charge in [0.15, 0.2) is 0 Å². The Morgan fingerprint density at radius 2 is 2.08 bits per heavy atom. The largest absolute Gasteiger partial charge is 0.322 e. The Kier molecular flexibility index (Phi) is 5.32. The maximum atomic E-state index is 12.5. The van der Waals surface area contributed by atoms with E-state index >= 15 is 0 Å². The van der Waals surface area contributed by atoms with E-state index < -0.39 is 0 Å². The van der Waals surface area contributed by atoms with Crippen LogP contribution < -0.4 is 5.56 Å². The number of H-pyrrole nitrogens is 1. The molecule has 1 aromatic carbocycles. The first-order chi connectivity index (χ1) is 11.9. The van der Waals surface area contributed by atoms with E-state index in [1.165, 1.54) is 4.88 Å². The van der Waals surface area contributed by atoms with Gasteiger partial charge in [0, 0.05) is 27.4 Å². The van der Waals surface area contributed by atoms with Crippen LogP contribution in [0, 0.1) is 13.8 Å². The number of nitrogens with zero attached hydrogens (tertiary/aromatic N) is 2. The second-order valence-electron chi connectivity index (χ2n) is 6.34. The molecule has 0 spiro atoms. The molecular weight excluding hydrogens is 350 g/mol. The third-order valence-electron chi connectivity index (χ3n) is 4.55. The highest BCUT2D eigenvalue weighted by molar-refractivity contribution is 7.98. The number of aryl methyl sites for hydroxylation is 2. The Bertz CT molecular complexity index is 961. The third kappa shape index (κ3) is 3.81. The van der Waals surface area contributed by atoms with Gasteiger partial charge in [0.1, 0.15) is 0 Å². The summed E-state index contributed by atoms with van der Waals surface area (Å²) in [5.74, 6) is 0. The molecule has 0 aliphatic heterocycles. The first kappa shape index (κ1) is 18.2. The second-order valence-corrected chi connectivity index (χ2v) is 8.63. The van der Waals surface area contributed by atoms with Gasteiger partial charge in [0.05, 0.1) is 16.7 Å². The van der Waals surface area contributed by atoms with E-state index in [0.29, 0.717) is 6.54 Å². The molecule has 0 bridgehead atoms. The van der Waals surface area contributed by atoms with Crippen LogP contribution in [0.4, 0.5) is 0 Å². The third-order valence-corrected chi connectivity index (χ3v) is 6.17. The zero-order chi connectivity index (χ0) is 18.1. The van der Waals surface area contributed by atoms with Crippen molar-refractivity contribution in [3.05, 3.63) is 55.8 Å². The molecule has 132 valence electrons. The first-order valence-corrected chi connectivity index (χ1v) is 10.3. The summed E-state index contributed by atoms with van der Waals surface area (Å²) in [6.45, 7) is 6.87. The number of fused-ring (bicyclic) bond motifs is 1. The molecule has 0 amide bonds. The van der Waals surface area contributed by atoms with Crippen molar-refractivity contribution in [2.24, 2.45) is 0 Å². The average molecular weight is 374 g/mol. The van der Waals surface area contributed by atoms with Gasteiger partial charge < -0.3 is 4.98 Å². The number of hydrogen-bond acceptors (Lipinski definition) is 5. The Hall–Kier alpha value is -1.63. The lowest BCUT2D eigenvalue weighted by Gasteiger charge is -2.23. The van der Waals surface area contributed by atoms with E-state index in [9.17, 15) is 4.79 Å². The van der Waals surface area contributed by atoms with E-state index in [-0.39, 0.29) is 11.6 Å². The van der Waals surface area contributed by atoms with E-state index in [1.807, 2.05) is 32.4 Å². The smallest absolute Gasteiger partial charge is 0.252 e. The molecule has 1 unspecified atom stereocenters. The highest BCUT2D eigenvalue weighted by Crippen LogP contribution is 2.27. The SMILES string of the molecule is CSc1ccc2cc(CN(C)C(C)c3nc(C)sc3C)c(=O)[nH]c2c1. The number of aromatic nitrogens is 2. The highest BCUT2D eigenvalue weighted by atomic mass is 32.2. The summed E-state index contributed by atoms with van der Waals surface area (Å²) in [5, 5.41) is 2.15. The van der Waals surface area contributed by atoms with Gasteiger partial charge in [-0.3, -0.25) is 9.69 Å². The summed E-state index contributed by atoms with van der Waals surface area (Å²) in [5.41, 5.74) is 2.76. The Balaban J connectivity index is 1.88. The monoisotopic (exact) mass is 373 g/mol. The van der Waals surface area contributed by atoms with Gasteiger partial charge in [-0.25, -0.2) is 4.98 Å². The minimum absolute atomic E-state index is 0.0176. The summed E-state index contributed by atoms with van der Waals surface area (Å²) in [6, 6.07) is 8.35. The van der Waals surface area contributed by atoms with Gasteiger partial charge >= 0.3 is 0 Å². The maximum absolute atomic E-state index is 12.5. The highest BCUT2D eigenvalue weighted by Gasteiger charge is 2.18. The zero-order valence-corrected chi connectivity index (χ0v) is 16.8. The molecule has 1 atom stereocenters. The predicted octanol–water partition coefficient (Wildman–Crippen LogP) is 4.52. The second kappa shape index (κ2) is 7.32. The standard InChI is InChI=1S/C19H23N3OS2/c1-11(18-12(2)25-13(3)20-18)22(4)10-15-8-14-6-7-16(24-5)9-17(14)21-19(15)23/h6-9,11H,10H2,1-5H3,(H,21,23). The van der Waals surface area contributed by atoms with Crippen LogP contribution in [-0.2, 0) is 6.54 Å². The Morgan fingerprint density at radius 3 is 2.72 bits per heavy atom. The van der Waals surface area contributed by atoms with E-state index in [2.05, 4.69) is 40.8 Å². The van der Waals surface area contributed by atoms with Crippen LogP contribution >= 0.6 is 23.1 Å². The lowest BCUT2D eigenvalue weighted by Crippen LogP contribution is -2.26. The van der Waals surface area contributed by atoms with Gasteiger partial charge in [0.25, 0.3) is 5.56 Å². The maximum Gasteiger partial charge on any atom is 0.252 e. The number of benzene rings is 1. The number of aromatic amines is 1. The number of thiazole rings is 1. The van der Waals surface area contributed by atoms with E-state index in [0.717, 1.165) is 32.1 Å². The van der Waals surface area contributed by atoms with Crippen molar-refractivity contribution in [3.63, 3.8) is 0 Å². The summed E-state index contributed by atoms with van der Waals surface area (Å²) >= 11 is 3.40. The molecule has 2 heterocycles. The van der Waals surface area contributed by atoms with Crippen molar-refractivity contribution in [2.75, 3.05) is 13.3 Å². The number of pyridine rings is 1. The molecule has 0 aliphatic carbocycles. The summed E-state index contributed by atoms with van der Waals surface area (Å²) < 4.78 is 0. The van der Waals surface area contributed by atoms with E-state index in [1.54, 1.807) is 23.1 Å². The van der Waals surface area contributed by atoms with Crippen LogP contribution in [0.1, 0.15) is 34.1 Å². The van der Waals surface area contributed by atoms with Gasteiger partial charge in [-0.1, -0.05) is 6.07 Å². The molecule has 2 aromatic heterocycles. The number of rotatable bonds is 5. The van der Waals surface area contributed by atoms with Crippen LogP contribution in [0.15, 0.2) is 34.0 Å². The van der Waals surface area contributed by atoms with Gasteiger partial charge in [-0.05, 0) is 57.7 Å². The summed E-state index contributed by atoms with van der Waals surface area (Å²) in [7, 11) is 2.04. The van der Waals surface area contributed by atoms with Crippen molar-refractivity contribution in [1.82, 2.24) is 14.9 Å². The van der Waals surface area contributed by atoms with Crippen LogP contribution in [0.3, 0.4) is 0 Å². The zero-order valence-electron chi connectivity index (χ0n) is 15.2. The molecule has 3 aromatic rings. The summed E-state index contributed by atoms with van der Waals surface area (Å²) in [6.07, 6.45) is 2.03. The summed E-state index contributed by atoms with van der Waals surface area (Å²) in [4.78, 5) is 24.7. The van der Waals surface area contributed by atoms with Crippen LogP contribution in [0.2, 0.25) is 0 Å². The predicted molar refractivity (Wildman–Crippen MR) is 108 cm³/mol. The fraction of sp³-hybridized carbons (Fsp3) is 0.368. The molecule has 0 fully saturated rings. The number of nitrogens with one attached hydrogen (secondary N) is 1. The van der Waals surface area contributed by atoms with Gasteiger partial charge in [0.2, 0.25) is 0 Å². The normalized spacial score (nSPS) is 12.9.